The van der Waals surface area contributed by atoms with Gasteiger partial charge in [-0.25, -0.2) is 0 Å². The number of nitrogens with one attached hydrogen (secondary N) is 1. The average Bonchev–Trinajstić information content (AvgIpc) is 1.97. The zero-order valence-electron chi connectivity index (χ0n) is 5.82. The van der Waals surface area contributed by atoms with Gasteiger partial charge >= 0.3 is 5.97 Å². The van der Waals surface area contributed by atoms with E-state index >= 15 is 0 Å². The summed E-state index contributed by atoms with van der Waals surface area (Å²) in [6.45, 7) is 0.116. The van der Waals surface area contributed by atoms with Gasteiger partial charge in [-0.2, -0.15) is 10.8 Å². The number of carbonyl (C=O) groups is 1. The molecule has 1 atom stereocenters. The highest BCUT2D eigenvalue weighted by Gasteiger charge is 2.10. The number of hydrogen-bond donors (Lipinski definition) is 4. The normalized spacial score (nSPS) is 12.9. The van der Waals surface area contributed by atoms with Crippen LogP contribution in [0, 0.1) is 0 Å². The second-order valence-corrected chi connectivity index (χ2v) is 1.78. The summed E-state index contributed by atoms with van der Waals surface area (Å²) < 4.78 is 0. The molecule has 0 amide bonds. The molecule has 0 aromatic heterocycles. The minimum absolute atomic E-state index is 0.116. The van der Waals surface area contributed by atoms with Crippen LogP contribution in [0.1, 0.15) is 6.42 Å². The molecule has 0 rings (SSSR count). The Morgan fingerprint density at radius 1 is 1.73 bits per heavy atom. The Balaban J connectivity index is 3.17. The van der Waals surface area contributed by atoms with Crippen LogP contribution >= 0.6 is 0 Å². The molecule has 1 unspecified atom stereocenters. The van der Waals surface area contributed by atoms with Crippen molar-refractivity contribution in [3.8, 4) is 0 Å². The molecule has 6 N–H and O–H groups in total. The number of nitrogens with two attached hydrogens (primary N) is 2. The maximum atomic E-state index is 10.1. The van der Waals surface area contributed by atoms with Crippen LogP contribution in [0.15, 0.2) is 0 Å². The Labute approximate surface area is 63.1 Å². The van der Waals surface area contributed by atoms with Crippen molar-refractivity contribution in [3.63, 3.8) is 0 Å². The van der Waals surface area contributed by atoms with E-state index in [1.165, 1.54) is 0 Å². The van der Waals surface area contributed by atoms with Gasteiger partial charge in [-0.1, -0.05) is 5.64 Å². The lowest BCUT2D eigenvalue weighted by Crippen LogP contribution is -2.32. The van der Waals surface area contributed by atoms with Gasteiger partial charge in [-0.3, -0.25) is 9.63 Å². The Morgan fingerprint density at radius 2 is 2.36 bits per heavy atom. The molecule has 66 valence electrons. The second-order valence-electron chi connectivity index (χ2n) is 1.78. The van der Waals surface area contributed by atoms with Crippen LogP contribution in [0.4, 0.5) is 0 Å². The second kappa shape index (κ2) is 6.01. The molecule has 7 nitrogen and oxygen atoms in total. The van der Waals surface area contributed by atoms with E-state index in [-0.39, 0.29) is 13.0 Å². The molecule has 0 aliphatic rings. The predicted octanol–water partition coefficient (Wildman–Crippen LogP) is -1.89. The van der Waals surface area contributed by atoms with Crippen LogP contribution in [0.3, 0.4) is 0 Å². The topological polar surface area (TPSA) is 120 Å². The van der Waals surface area contributed by atoms with E-state index in [1.54, 1.807) is 0 Å². The molecule has 0 spiro atoms. The van der Waals surface area contributed by atoms with Crippen molar-refractivity contribution in [1.82, 2.24) is 5.64 Å². The monoisotopic (exact) mass is 165 g/mol. The molecular weight excluding hydrogens is 154 g/mol. The van der Waals surface area contributed by atoms with Gasteiger partial charge in [0.1, 0.15) is 6.04 Å². The van der Waals surface area contributed by atoms with Crippen LogP contribution in [0.2, 0.25) is 0 Å². The Bertz CT molecular complexity index is 120. The van der Waals surface area contributed by atoms with Crippen LogP contribution in [0.5, 0.6) is 0 Å². The third-order valence-electron chi connectivity index (χ3n) is 0.955. The van der Waals surface area contributed by atoms with Crippen molar-refractivity contribution < 1.29 is 19.7 Å². The molecule has 7 heteroatoms. The molecule has 0 saturated carbocycles. The summed E-state index contributed by atoms with van der Waals surface area (Å²) in [6, 6.07) is -0.922. The third-order valence-corrected chi connectivity index (χ3v) is 0.955. The fraction of sp³-hybridized carbons (Fsp3) is 0.750. The Kier molecular flexibility index (Phi) is 5.61. The number of carboxylic acid groups (broad SMARTS) is 1. The summed E-state index contributed by atoms with van der Waals surface area (Å²) in [7, 11) is 0. The highest BCUT2D eigenvalue weighted by atomic mass is 17.0. The summed E-state index contributed by atoms with van der Waals surface area (Å²) in [5, 5.41) is 8.28. The molecule has 0 radical (unpaired) electrons. The van der Waals surface area contributed by atoms with Crippen molar-refractivity contribution in [2.24, 2.45) is 11.6 Å². The maximum Gasteiger partial charge on any atom is 0.320 e. The van der Waals surface area contributed by atoms with Gasteiger partial charge in [0.15, 0.2) is 0 Å². The van der Waals surface area contributed by atoms with E-state index in [4.69, 9.17) is 10.8 Å². The Morgan fingerprint density at radius 3 is 2.82 bits per heavy atom. The number of hydrogen-bond acceptors (Lipinski definition) is 6. The van der Waals surface area contributed by atoms with E-state index < -0.39 is 12.0 Å². The molecule has 0 aromatic rings. The molecule has 0 fully saturated rings. The molecule has 11 heavy (non-hydrogen) atoms. The van der Waals surface area contributed by atoms with Crippen molar-refractivity contribution in [3.05, 3.63) is 0 Å². The molecule has 0 saturated heterocycles. The van der Waals surface area contributed by atoms with Crippen molar-refractivity contribution in [1.29, 1.82) is 0 Å². The maximum absolute atomic E-state index is 10.1. The fourth-order valence-corrected chi connectivity index (χ4v) is 0.385. The van der Waals surface area contributed by atoms with E-state index in [0.717, 1.165) is 0 Å². The number of aliphatic carboxylic acids is 1. The first-order chi connectivity index (χ1) is 5.18. The van der Waals surface area contributed by atoms with Crippen LogP contribution in [-0.4, -0.2) is 23.7 Å². The van der Waals surface area contributed by atoms with Gasteiger partial charge < -0.3 is 10.8 Å². The first kappa shape index (κ1) is 10.3. The summed E-state index contributed by atoms with van der Waals surface area (Å²) in [5.74, 6) is 3.45. The minimum Gasteiger partial charge on any atom is -0.480 e. The van der Waals surface area contributed by atoms with Gasteiger partial charge in [-0.15, -0.1) is 0 Å². The van der Waals surface area contributed by atoms with E-state index in [2.05, 4.69) is 15.7 Å². The summed E-state index contributed by atoms with van der Waals surface area (Å²) in [4.78, 5) is 18.4. The summed E-state index contributed by atoms with van der Waals surface area (Å²) in [6.07, 6.45) is 0.186. The molecule has 0 aromatic carbocycles. The first-order valence-electron chi connectivity index (χ1n) is 2.89. The molecule has 0 aliphatic heterocycles. The molecule has 0 aliphatic carbocycles. The zero-order chi connectivity index (χ0) is 8.69. The molecular formula is C4H11N3O4. The average molecular weight is 165 g/mol. The summed E-state index contributed by atoms with van der Waals surface area (Å²) in [5.41, 5.74) is 6.99. The van der Waals surface area contributed by atoms with Crippen LogP contribution < -0.4 is 17.3 Å². The van der Waals surface area contributed by atoms with Gasteiger partial charge in [0, 0.05) is 0 Å². The predicted molar refractivity (Wildman–Crippen MR) is 34.6 cm³/mol. The lowest BCUT2D eigenvalue weighted by molar-refractivity contribution is -0.175. The van der Waals surface area contributed by atoms with Crippen LogP contribution in [-0.2, 0) is 14.6 Å². The SMILES string of the molecule is NONOCCC(N)C(=O)O. The highest BCUT2D eigenvalue weighted by Crippen LogP contribution is 1.87. The van der Waals surface area contributed by atoms with Crippen LogP contribution in [0.25, 0.3) is 0 Å². The van der Waals surface area contributed by atoms with Gasteiger partial charge in [0.25, 0.3) is 0 Å². The van der Waals surface area contributed by atoms with E-state index in [0.29, 0.717) is 0 Å². The summed E-state index contributed by atoms with van der Waals surface area (Å²) >= 11 is 0. The van der Waals surface area contributed by atoms with Gasteiger partial charge in [0.05, 0.1) is 6.61 Å². The standard InChI is InChI=1S/C4H11N3O4/c5-3(4(8)9)1-2-10-7-11-6/h3,7H,1-2,5-6H2,(H,8,9). The van der Waals surface area contributed by atoms with Crippen molar-refractivity contribution in [2.75, 3.05) is 6.61 Å². The largest absolute Gasteiger partial charge is 0.480 e. The lowest BCUT2D eigenvalue weighted by atomic mass is 10.2. The highest BCUT2D eigenvalue weighted by molar-refractivity contribution is 5.72. The van der Waals surface area contributed by atoms with Crippen molar-refractivity contribution >= 4 is 5.97 Å². The first-order valence-corrected chi connectivity index (χ1v) is 2.89. The third kappa shape index (κ3) is 5.70. The van der Waals surface area contributed by atoms with E-state index in [9.17, 15) is 4.79 Å². The van der Waals surface area contributed by atoms with Gasteiger partial charge in [0.2, 0.25) is 0 Å². The van der Waals surface area contributed by atoms with Gasteiger partial charge in [-0.05, 0) is 6.42 Å². The lowest BCUT2D eigenvalue weighted by Gasteiger charge is -2.05. The van der Waals surface area contributed by atoms with E-state index in [1.807, 2.05) is 5.64 Å². The number of carboxylic acids is 1. The minimum atomic E-state index is -1.07. The zero-order valence-corrected chi connectivity index (χ0v) is 5.82. The number of rotatable bonds is 6. The molecule has 0 bridgehead atoms. The Hall–Kier alpha value is -0.730. The fourth-order valence-electron chi connectivity index (χ4n) is 0.385. The van der Waals surface area contributed by atoms with Crippen molar-refractivity contribution in [2.45, 2.75) is 12.5 Å². The smallest absolute Gasteiger partial charge is 0.320 e. The molecule has 0 heterocycles. The quantitative estimate of drug-likeness (QED) is 0.268.